The summed E-state index contributed by atoms with van der Waals surface area (Å²) >= 11 is 5.16. The predicted octanol–water partition coefficient (Wildman–Crippen LogP) is 1.95. The van der Waals surface area contributed by atoms with E-state index >= 15 is 0 Å². The van der Waals surface area contributed by atoms with Crippen molar-refractivity contribution in [2.75, 3.05) is 14.1 Å². The SMILES string of the molecule is C=CCn1c(=S)[nH]c2cc(C(=O)N(C)C)ccc2c1=O. The Kier molecular flexibility index (Phi) is 3.85. The molecule has 1 aromatic heterocycles. The minimum atomic E-state index is -0.187. The first-order valence-electron chi connectivity index (χ1n) is 6.05. The van der Waals surface area contributed by atoms with Crippen molar-refractivity contribution >= 4 is 29.0 Å². The quantitative estimate of drug-likeness (QED) is 0.694. The van der Waals surface area contributed by atoms with Gasteiger partial charge in [0.05, 0.1) is 10.9 Å². The number of hydrogen-bond donors (Lipinski definition) is 1. The fourth-order valence-electron chi connectivity index (χ4n) is 1.94. The zero-order chi connectivity index (χ0) is 14.9. The summed E-state index contributed by atoms with van der Waals surface area (Å²) in [7, 11) is 3.35. The number of hydrogen-bond acceptors (Lipinski definition) is 3. The number of H-pyrrole nitrogens is 1. The van der Waals surface area contributed by atoms with Crippen molar-refractivity contribution in [1.29, 1.82) is 0 Å². The average Bonchev–Trinajstić information content (AvgIpc) is 2.41. The molecule has 0 spiro atoms. The number of carbonyl (C=O) groups excluding carboxylic acids is 1. The molecule has 2 aromatic rings. The van der Waals surface area contributed by atoms with Crippen molar-refractivity contribution in [1.82, 2.24) is 14.5 Å². The van der Waals surface area contributed by atoms with Crippen LogP contribution in [0, 0.1) is 4.77 Å². The Balaban J connectivity index is 2.70. The van der Waals surface area contributed by atoms with E-state index in [-0.39, 0.29) is 11.5 Å². The van der Waals surface area contributed by atoms with Crippen molar-refractivity contribution in [2.45, 2.75) is 6.54 Å². The molecular formula is C14H15N3O2S. The van der Waals surface area contributed by atoms with Gasteiger partial charge in [0, 0.05) is 26.2 Å². The molecule has 0 aliphatic carbocycles. The van der Waals surface area contributed by atoms with E-state index in [9.17, 15) is 9.59 Å². The maximum Gasteiger partial charge on any atom is 0.262 e. The summed E-state index contributed by atoms with van der Waals surface area (Å²) < 4.78 is 1.75. The standard InChI is InChI=1S/C14H15N3O2S/c1-4-7-17-13(19)10-6-5-9(12(18)16(2)3)8-11(10)15-14(17)20/h4-6,8H,1,7H2,2-3H3,(H,15,20). The third-order valence-corrected chi connectivity index (χ3v) is 3.27. The van der Waals surface area contributed by atoms with Crippen LogP contribution in [0.2, 0.25) is 0 Å². The normalized spacial score (nSPS) is 10.5. The molecule has 0 bridgehead atoms. The summed E-state index contributed by atoms with van der Waals surface area (Å²) in [5, 5.41) is 0.496. The van der Waals surface area contributed by atoms with Gasteiger partial charge in [-0.25, -0.2) is 0 Å². The van der Waals surface area contributed by atoms with Crippen LogP contribution in [0.15, 0.2) is 35.6 Å². The lowest BCUT2D eigenvalue weighted by molar-refractivity contribution is 0.0828. The van der Waals surface area contributed by atoms with Crippen LogP contribution in [0.25, 0.3) is 10.9 Å². The number of nitrogens with zero attached hydrogens (tertiary/aromatic N) is 2. The third-order valence-electron chi connectivity index (χ3n) is 2.95. The summed E-state index contributed by atoms with van der Waals surface area (Å²) in [4.78, 5) is 28.7. The molecular weight excluding hydrogens is 274 g/mol. The molecule has 0 fully saturated rings. The van der Waals surface area contributed by atoms with Crippen molar-refractivity contribution in [3.05, 3.63) is 51.5 Å². The highest BCUT2D eigenvalue weighted by molar-refractivity contribution is 7.71. The number of fused-ring (bicyclic) bond motifs is 1. The van der Waals surface area contributed by atoms with Gasteiger partial charge in [0.15, 0.2) is 4.77 Å². The Bertz CT molecular complexity index is 802. The van der Waals surface area contributed by atoms with Crippen molar-refractivity contribution in [3.8, 4) is 0 Å². The number of nitrogens with one attached hydrogen (secondary N) is 1. The van der Waals surface area contributed by atoms with Crippen LogP contribution in [0.5, 0.6) is 0 Å². The van der Waals surface area contributed by atoms with Crippen LogP contribution in [0.1, 0.15) is 10.4 Å². The highest BCUT2D eigenvalue weighted by Gasteiger charge is 2.11. The van der Waals surface area contributed by atoms with E-state index in [4.69, 9.17) is 12.2 Å². The second-order valence-corrected chi connectivity index (χ2v) is 4.98. The fraction of sp³-hybridized carbons (Fsp3) is 0.214. The molecule has 1 amide bonds. The molecule has 0 saturated heterocycles. The van der Waals surface area contributed by atoms with Crippen molar-refractivity contribution in [2.24, 2.45) is 0 Å². The maximum absolute atomic E-state index is 12.3. The second kappa shape index (κ2) is 5.42. The van der Waals surface area contributed by atoms with Gasteiger partial charge in [-0.3, -0.25) is 14.2 Å². The van der Waals surface area contributed by atoms with Gasteiger partial charge in [0.1, 0.15) is 0 Å². The molecule has 0 aliphatic heterocycles. The molecule has 1 aromatic carbocycles. The van der Waals surface area contributed by atoms with E-state index < -0.39 is 0 Å². The Morgan fingerprint density at radius 3 is 2.80 bits per heavy atom. The number of carbonyl (C=O) groups is 1. The number of amides is 1. The predicted molar refractivity (Wildman–Crippen MR) is 81.6 cm³/mol. The van der Waals surface area contributed by atoms with Gasteiger partial charge in [0.2, 0.25) is 0 Å². The molecule has 104 valence electrons. The summed E-state index contributed by atoms with van der Waals surface area (Å²) in [6, 6.07) is 4.92. The monoisotopic (exact) mass is 289 g/mol. The van der Waals surface area contributed by atoms with E-state index in [1.54, 1.807) is 38.4 Å². The van der Waals surface area contributed by atoms with Crippen molar-refractivity contribution < 1.29 is 4.79 Å². The smallest absolute Gasteiger partial charge is 0.262 e. The van der Waals surface area contributed by atoms with Crippen LogP contribution in [-0.2, 0) is 6.54 Å². The van der Waals surface area contributed by atoms with Crippen LogP contribution in [0.3, 0.4) is 0 Å². The molecule has 0 atom stereocenters. The largest absolute Gasteiger partial charge is 0.345 e. The van der Waals surface area contributed by atoms with Gasteiger partial charge < -0.3 is 9.88 Å². The number of benzene rings is 1. The van der Waals surface area contributed by atoms with E-state index in [0.717, 1.165) is 0 Å². The van der Waals surface area contributed by atoms with Crippen LogP contribution < -0.4 is 5.56 Å². The number of aromatic nitrogens is 2. The number of aromatic amines is 1. The molecule has 6 heteroatoms. The van der Waals surface area contributed by atoms with Gasteiger partial charge in [0.25, 0.3) is 11.5 Å². The van der Waals surface area contributed by atoms with Gasteiger partial charge in [-0.2, -0.15) is 0 Å². The molecule has 0 saturated carbocycles. The number of allylic oxidation sites excluding steroid dienone is 1. The van der Waals surface area contributed by atoms with Crippen molar-refractivity contribution in [3.63, 3.8) is 0 Å². The topological polar surface area (TPSA) is 58.1 Å². The molecule has 5 nitrogen and oxygen atoms in total. The lowest BCUT2D eigenvalue weighted by Crippen LogP contribution is -2.23. The van der Waals surface area contributed by atoms with Gasteiger partial charge >= 0.3 is 0 Å². The van der Waals surface area contributed by atoms with Crippen LogP contribution in [0.4, 0.5) is 0 Å². The Morgan fingerprint density at radius 2 is 2.20 bits per heavy atom. The lowest BCUT2D eigenvalue weighted by Gasteiger charge is -2.11. The van der Waals surface area contributed by atoms with E-state index in [2.05, 4.69) is 11.6 Å². The summed E-state index contributed by atoms with van der Waals surface area (Å²) in [6.07, 6.45) is 1.61. The lowest BCUT2D eigenvalue weighted by atomic mass is 10.1. The van der Waals surface area contributed by atoms with Crippen LogP contribution >= 0.6 is 12.2 Å². The van der Waals surface area contributed by atoms with E-state index in [1.165, 1.54) is 9.47 Å². The first-order valence-corrected chi connectivity index (χ1v) is 6.46. The van der Waals surface area contributed by atoms with Gasteiger partial charge in [-0.05, 0) is 30.4 Å². The summed E-state index contributed by atoms with van der Waals surface area (Å²) in [5.74, 6) is -0.124. The molecule has 0 radical (unpaired) electrons. The molecule has 1 N–H and O–H groups in total. The minimum absolute atomic E-state index is 0.124. The zero-order valence-corrected chi connectivity index (χ0v) is 12.2. The highest BCUT2D eigenvalue weighted by Crippen LogP contribution is 2.12. The van der Waals surface area contributed by atoms with Gasteiger partial charge in [-0.15, -0.1) is 6.58 Å². The zero-order valence-electron chi connectivity index (χ0n) is 11.3. The Morgan fingerprint density at radius 1 is 1.50 bits per heavy atom. The molecule has 2 rings (SSSR count). The maximum atomic E-state index is 12.3. The molecule has 0 aliphatic rings. The summed E-state index contributed by atoms with van der Waals surface area (Å²) in [5.41, 5.74) is 0.884. The Labute approximate surface area is 121 Å². The third kappa shape index (κ3) is 2.42. The van der Waals surface area contributed by atoms with E-state index in [1.807, 2.05) is 0 Å². The highest BCUT2D eigenvalue weighted by atomic mass is 32.1. The molecule has 1 heterocycles. The fourth-order valence-corrected chi connectivity index (χ4v) is 2.21. The second-order valence-electron chi connectivity index (χ2n) is 4.59. The van der Waals surface area contributed by atoms with Crippen LogP contribution in [-0.4, -0.2) is 34.5 Å². The van der Waals surface area contributed by atoms with E-state index in [0.29, 0.717) is 27.8 Å². The molecule has 20 heavy (non-hydrogen) atoms. The number of rotatable bonds is 3. The minimum Gasteiger partial charge on any atom is -0.345 e. The summed E-state index contributed by atoms with van der Waals surface area (Å²) in [6.45, 7) is 3.95. The average molecular weight is 289 g/mol. The first-order chi connectivity index (χ1) is 9.45. The Hall–Kier alpha value is -2.21. The molecule has 0 unspecified atom stereocenters. The van der Waals surface area contributed by atoms with Gasteiger partial charge in [-0.1, -0.05) is 6.08 Å². The first kappa shape index (κ1) is 14.2.